The first-order valence-corrected chi connectivity index (χ1v) is 9.69. The fourth-order valence-corrected chi connectivity index (χ4v) is 3.20. The molecular formula is C21H27N5O2. The monoisotopic (exact) mass is 381 g/mol. The lowest BCUT2D eigenvalue weighted by Crippen LogP contribution is -2.28. The molecule has 4 N–H and O–H groups in total. The highest BCUT2D eigenvalue weighted by molar-refractivity contribution is 5.89. The normalized spacial score (nSPS) is 15.8. The van der Waals surface area contributed by atoms with Crippen LogP contribution in [-0.4, -0.2) is 30.0 Å². The first kappa shape index (κ1) is 19.8. The van der Waals surface area contributed by atoms with E-state index in [1.54, 1.807) is 12.4 Å². The number of nitrogens with one attached hydrogen (secondary N) is 4. The summed E-state index contributed by atoms with van der Waals surface area (Å²) in [6, 6.07) is 10.9. The number of amides is 3. The summed E-state index contributed by atoms with van der Waals surface area (Å²) in [6.07, 6.45) is 6.03. The Balaban J connectivity index is 1.40. The standard InChI is InChI=1S/C21H27N5O2/c27-20(5-4-16-8-11-23-13-16)24-15-18-2-1-3-19(12-18)26-21(28)25-14-17-6-9-22-10-7-17/h1-3,6-7,9-10,12,16,23H,4-5,8,11,13-15H2,(H,24,27)(H2,25,26,28). The molecule has 0 bridgehead atoms. The van der Waals surface area contributed by atoms with E-state index < -0.39 is 0 Å². The summed E-state index contributed by atoms with van der Waals surface area (Å²) >= 11 is 0. The van der Waals surface area contributed by atoms with Crippen molar-refractivity contribution < 1.29 is 9.59 Å². The smallest absolute Gasteiger partial charge is 0.319 e. The van der Waals surface area contributed by atoms with Crippen molar-refractivity contribution in [3.8, 4) is 0 Å². The molecule has 28 heavy (non-hydrogen) atoms. The average Bonchev–Trinajstić information content (AvgIpc) is 3.24. The zero-order valence-corrected chi connectivity index (χ0v) is 15.9. The van der Waals surface area contributed by atoms with Gasteiger partial charge in [-0.3, -0.25) is 9.78 Å². The summed E-state index contributed by atoms with van der Waals surface area (Å²) in [5, 5.41) is 11.9. The van der Waals surface area contributed by atoms with Gasteiger partial charge in [-0.2, -0.15) is 0 Å². The van der Waals surface area contributed by atoms with Crippen molar-refractivity contribution in [3.63, 3.8) is 0 Å². The molecule has 2 heterocycles. The third-order valence-corrected chi connectivity index (χ3v) is 4.82. The van der Waals surface area contributed by atoms with Crippen LogP contribution < -0.4 is 21.3 Å². The molecule has 7 heteroatoms. The van der Waals surface area contributed by atoms with Gasteiger partial charge in [-0.1, -0.05) is 12.1 Å². The molecule has 3 amide bonds. The molecule has 1 aliphatic heterocycles. The van der Waals surface area contributed by atoms with Crippen LogP contribution in [0.3, 0.4) is 0 Å². The predicted octanol–water partition coefficient (Wildman–Crippen LogP) is 2.41. The molecular weight excluding hydrogens is 354 g/mol. The number of hydrogen-bond donors (Lipinski definition) is 4. The first-order chi connectivity index (χ1) is 13.7. The lowest BCUT2D eigenvalue weighted by atomic mass is 10.0. The summed E-state index contributed by atoms with van der Waals surface area (Å²) in [5.74, 6) is 0.685. The molecule has 1 unspecified atom stereocenters. The molecule has 0 aliphatic carbocycles. The summed E-state index contributed by atoms with van der Waals surface area (Å²) in [5.41, 5.74) is 2.62. The minimum absolute atomic E-state index is 0.0698. The molecule has 1 atom stereocenters. The number of carbonyl (C=O) groups excluding carboxylic acids is 2. The third-order valence-electron chi connectivity index (χ3n) is 4.82. The number of pyridine rings is 1. The van der Waals surface area contributed by atoms with E-state index in [1.165, 1.54) is 0 Å². The van der Waals surface area contributed by atoms with Gasteiger partial charge in [0.2, 0.25) is 5.91 Å². The van der Waals surface area contributed by atoms with E-state index in [2.05, 4.69) is 26.3 Å². The predicted molar refractivity (Wildman–Crippen MR) is 109 cm³/mol. The van der Waals surface area contributed by atoms with Gasteiger partial charge in [0.05, 0.1) is 0 Å². The Morgan fingerprint density at radius 2 is 1.89 bits per heavy atom. The summed E-state index contributed by atoms with van der Waals surface area (Å²) in [7, 11) is 0. The van der Waals surface area contributed by atoms with Crippen LogP contribution in [0.15, 0.2) is 48.8 Å². The van der Waals surface area contributed by atoms with Crippen molar-refractivity contribution in [1.82, 2.24) is 20.9 Å². The van der Waals surface area contributed by atoms with Crippen molar-refractivity contribution in [2.75, 3.05) is 18.4 Å². The second-order valence-corrected chi connectivity index (χ2v) is 7.04. The number of carbonyl (C=O) groups is 2. The molecule has 1 aromatic carbocycles. The van der Waals surface area contributed by atoms with Crippen molar-refractivity contribution >= 4 is 17.6 Å². The van der Waals surface area contributed by atoms with E-state index in [0.717, 1.165) is 37.1 Å². The van der Waals surface area contributed by atoms with Gasteiger partial charge in [-0.05, 0) is 67.2 Å². The van der Waals surface area contributed by atoms with Crippen LogP contribution in [0.1, 0.15) is 30.4 Å². The largest absolute Gasteiger partial charge is 0.352 e. The maximum Gasteiger partial charge on any atom is 0.319 e. The molecule has 1 saturated heterocycles. The molecule has 3 rings (SSSR count). The second-order valence-electron chi connectivity index (χ2n) is 7.04. The molecule has 0 saturated carbocycles. The minimum Gasteiger partial charge on any atom is -0.352 e. The van der Waals surface area contributed by atoms with E-state index in [1.807, 2.05) is 36.4 Å². The highest BCUT2D eigenvalue weighted by Gasteiger charge is 2.15. The number of nitrogens with zero attached hydrogens (tertiary/aromatic N) is 1. The lowest BCUT2D eigenvalue weighted by Gasteiger charge is -2.11. The first-order valence-electron chi connectivity index (χ1n) is 9.69. The van der Waals surface area contributed by atoms with Gasteiger partial charge in [0.15, 0.2) is 0 Å². The maximum absolute atomic E-state index is 12.1. The van der Waals surface area contributed by atoms with Gasteiger partial charge in [0.1, 0.15) is 0 Å². The van der Waals surface area contributed by atoms with Gasteiger partial charge in [-0.25, -0.2) is 4.79 Å². The van der Waals surface area contributed by atoms with E-state index in [0.29, 0.717) is 31.1 Å². The Bertz CT molecular complexity index is 775. The van der Waals surface area contributed by atoms with Gasteiger partial charge in [0, 0.05) is 37.6 Å². The summed E-state index contributed by atoms with van der Waals surface area (Å²) in [6.45, 7) is 2.96. The SMILES string of the molecule is O=C(CCC1CCNC1)NCc1cccc(NC(=O)NCc2ccncc2)c1. The fourth-order valence-electron chi connectivity index (χ4n) is 3.20. The van der Waals surface area contributed by atoms with Gasteiger partial charge >= 0.3 is 6.03 Å². The van der Waals surface area contributed by atoms with E-state index >= 15 is 0 Å². The highest BCUT2D eigenvalue weighted by Crippen LogP contribution is 2.14. The third kappa shape index (κ3) is 6.66. The van der Waals surface area contributed by atoms with Crippen molar-refractivity contribution in [2.24, 2.45) is 5.92 Å². The average molecular weight is 381 g/mol. The number of anilines is 1. The summed E-state index contributed by atoms with van der Waals surface area (Å²) < 4.78 is 0. The van der Waals surface area contributed by atoms with Crippen LogP contribution in [0.5, 0.6) is 0 Å². The van der Waals surface area contributed by atoms with Crippen molar-refractivity contribution in [3.05, 3.63) is 59.9 Å². The number of urea groups is 1. The molecule has 7 nitrogen and oxygen atoms in total. The number of aromatic nitrogens is 1. The fraction of sp³-hybridized carbons (Fsp3) is 0.381. The van der Waals surface area contributed by atoms with Gasteiger partial charge in [0.25, 0.3) is 0 Å². The quantitative estimate of drug-likeness (QED) is 0.565. The van der Waals surface area contributed by atoms with E-state index in [4.69, 9.17) is 0 Å². The zero-order valence-electron chi connectivity index (χ0n) is 15.9. The summed E-state index contributed by atoms with van der Waals surface area (Å²) in [4.78, 5) is 28.1. The Morgan fingerprint density at radius 1 is 1.07 bits per heavy atom. The molecule has 1 aromatic heterocycles. The Hall–Kier alpha value is -2.93. The molecule has 0 radical (unpaired) electrons. The van der Waals surface area contributed by atoms with Crippen LogP contribution in [0, 0.1) is 5.92 Å². The van der Waals surface area contributed by atoms with Crippen LogP contribution in [0.2, 0.25) is 0 Å². The Kier molecular flexibility index (Phi) is 7.37. The highest BCUT2D eigenvalue weighted by atomic mass is 16.2. The van der Waals surface area contributed by atoms with Crippen molar-refractivity contribution in [2.45, 2.75) is 32.4 Å². The van der Waals surface area contributed by atoms with Gasteiger partial charge in [-0.15, -0.1) is 0 Å². The van der Waals surface area contributed by atoms with Crippen LogP contribution in [0.4, 0.5) is 10.5 Å². The lowest BCUT2D eigenvalue weighted by molar-refractivity contribution is -0.121. The minimum atomic E-state index is -0.275. The number of benzene rings is 1. The van der Waals surface area contributed by atoms with Gasteiger partial charge < -0.3 is 21.3 Å². The Morgan fingerprint density at radius 3 is 2.68 bits per heavy atom. The topological polar surface area (TPSA) is 95.2 Å². The molecule has 1 aliphatic rings. The molecule has 2 aromatic rings. The van der Waals surface area contributed by atoms with Crippen LogP contribution >= 0.6 is 0 Å². The Labute approximate surface area is 165 Å². The molecule has 1 fully saturated rings. The number of hydrogen-bond acceptors (Lipinski definition) is 4. The maximum atomic E-state index is 12.1. The van der Waals surface area contributed by atoms with E-state index in [-0.39, 0.29) is 11.9 Å². The van der Waals surface area contributed by atoms with E-state index in [9.17, 15) is 9.59 Å². The molecule has 148 valence electrons. The van der Waals surface area contributed by atoms with Crippen LogP contribution in [0.25, 0.3) is 0 Å². The zero-order chi connectivity index (χ0) is 19.6. The number of rotatable bonds is 8. The van der Waals surface area contributed by atoms with Crippen molar-refractivity contribution in [1.29, 1.82) is 0 Å². The second kappa shape index (κ2) is 10.4. The molecule has 0 spiro atoms. The van der Waals surface area contributed by atoms with Crippen LogP contribution in [-0.2, 0) is 17.9 Å².